The van der Waals surface area contributed by atoms with E-state index >= 15 is 0 Å². The molecule has 2 nitrogen and oxygen atoms in total. The van der Waals surface area contributed by atoms with Crippen molar-refractivity contribution in [1.29, 1.82) is 0 Å². The van der Waals surface area contributed by atoms with Crippen LogP contribution in [-0.2, 0) is 0 Å². The van der Waals surface area contributed by atoms with Gasteiger partial charge in [-0.25, -0.2) is 0 Å². The van der Waals surface area contributed by atoms with Gasteiger partial charge in [-0.1, -0.05) is 31.9 Å². The topological polar surface area (TPSA) is 43.1 Å². The lowest BCUT2D eigenvalue weighted by Crippen LogP contribution is -2.00. The van der Waals surface area contributed by atoms with Crippen molar-refractivity contribution >= 4 is 43.3 Å². The first-order chi connectivity index (χ1) is 5.63. The number of halogens is 2. The molecule has 0 unspecified atom stereocenters. The number of benzene rings is 1. The van der Waals surface area contributed by atoms with E-state index in [0.717, 1.165) is 4.47 Å². The van der Waals surface area contributed by atoms with Crippen molar-refractivity contribution in [3.05, 3.63) is 28.2 Å². The second kappa shape index (κ2) is 4.05. The molecule has 0 heterocycles. The minimum Gasteiger partial charge on any atom is -0.399 e. The molecule has 0 spiro atoms. The van der Waals surface area contributed by atoms with E-state index in [1.54, 1.807) is 18.2 Å². The van der Waals surface area contributed by atoms with Gasteiger partial charge in [-0.05, 0) is 18.2 Å². The lowest BCUT2D eigenvalue weighted by Gasteiger charge is -2.00. The largest absolute Gasteiger partial charge is 0.399 e. The molecule has 0 aliphatic rings. The Labute approximate surface area is 87.4 Å². The summed E-state index contributed by atoms with van der Waals surface area (Å²) in [5.41, 5.74) is 6.77. The maximum atomic E-state index is 11.2. The summed E-state index contributed by atoms with van der Waals surface area (Å²) in [5.74, 6) is 0.0306. The Kier molecular flexibility index (Phi) is 3.29. The third-order valence-corrected chi connectivity index (χ3v) is 2.33. The fourth-order valence-electron chi connectivity index (χ4n) is 0.850. The number of rotatable bonds is 2. The zero-order chi connectivity index (χ0) is 9.14. The molecule has 0 saturated carbocycles. The van der Waals surface area contributed by atoms with E-state index in [1.165, 1.54) is 0 Å². The molecule has 0 aliphatic heterocycles. The Hall–Kier alpha value is -0.350. The summed E-state index contributed by atoms with van der Waals surface area (Å²) in [6, 6.07) is 5.17. The van der Waals surface area contributed by atoms with E-state index in [2.05, 4.69) is 31.9 Å². The number of carbonyl (C=O) groups excluding carboxylic acids is 1. The number of carbonyl (C=O) groups is 1. The van der Waals surface area contributed by atoms with Crippen molar-refractivity contribution in [1.82, 2.24) is 0 Å². The molecule has 0 aliphatic carbocycles. The van der Waals surface area contributed by atoms with Gasteiger partial charge in [0, 0.05) is 15.7 Å². The minimum absolute atomic E-state index is 0.0306. The molecule has 4 heteroatoms. The van der Waals surface area contributed by atoms with Crippen LogP contribution in [0.4, 0.5) is 5.69 Å². The Morgan fingerprint density at radius 1 is 1.42 bits per heavy atom. The van der Waals surface area contributed by atoms with E-state index in [0.29, 0.717) is 16.6 Å². The van der Waals surface area contributed by atoms with Crippen LogP contribution in [0.25, 0.3) is 0 Å². The highest BCUT2D eigenvalue weighted by Crippen LogP contribution is 2.17. The average molecular weight is 293 g/mol. The van der Waals surface area contributed by atoms with Crippen molar-refractivity contribution in [2.24, 2.45) is 0 Å². The first-order valence-corrected chi connectivity index (χ1v) is 5.20. The second-order valence-corrected chi connectivity index (χ2v) is 3.81. The van der Waals surface area contributed by atoms with Crippen LogP contribution in [-0.4, -0.2) is 11.1 Å². The molecule has 0 bridgehead atoms. The first kappa shape index (κ1) is 9.74. The van der Waals surface area contributed by atoms with Crippen molar-refractivity contribution in [2.45, 2.75) is 0 Å². The van der Waals surface area contributed by atoms with Crippen molar-refractivity contribution in [3.63, 3.8) is 0 Å². The predicted molar refractivity (Wildman–Crippen MR) is 56.7 cm³/mol. The average Bonchev–Trinajstić information content (AvgIpc) is 2.01. The minimum atomic E-state index is 0.0306. The van der Waals surface area contributed by atoms with Crippen LogP contribution >= 0.6 is 31.9 Å². The summed E-state index contributed by atoms with van der Waals surface area (Å²) in [6.07, 6.45) is 0. The van der Waals surface area contributed by atoms with E-state index in [4.69, 9.17) is 5.73 Å². The first-order valence-electron chi connectivity index (χ1n) is 3.28. The molecular weight excluding hydrogens is 286 g/mol. The van der Waals surface area contributed by atoms with Crippen LogP contribution in [0.5, 0.6) is 0 Å². The number of nitrogen functional groups attached to an aromatic ring is 1. The third kappa shape index (κ3) is 2.32. The molecule has 1 aromatic carbocycles. The van der Waals surface area contributed by atoms with Crippen LogP contribution in [0.1, 0.15) is 10.4 Å². The van der Waals surface area contributed by atoms with Gasteiger partial charge in [-0.2, -0.15) is 0 Å². The van der Waals surface area contributed by atoms with E-state index < -0.39 is 0 Å². The monoisotopic (exact) mass is 291 g/mol. The summed E-state index contributed by atoms with van der Waals surface area (Å²) in [6.45, 7) is 0. The predicted octanol–water partition coefficient (Wildman–Crippen LogP) is 2.61. The molecule has 64 valence electrons. The van der Waals surface area contributed by atoms with Crippen molar-refractivity contribution < 1.29 is 4.79 Å². The Balaban J connectivity index is 3.08. The summed E-state index contributed by atoms with van der Waals surface area (Å²) in [5, 5.41) is 0.322. The molecule has 1 aromatic rings. The van der Waals surface area contributed by atoms with Crippen LogP contribution < -0.4 is 5.73 Å². The quantitative estimate of drug-likeness (QED) is 0.517. The van der Waals surface area contributed by atoms with Gasteiger partial charge in [0.2, 0.25) is 0 Å². The normalized spacial score (nSPS) is 9.83. The fraction of sp³-hybridized carbons (Fsp3) is 0.125. The van der Waals surface area contributed by atoms with Gasteiger partial charge >= 0.3 is 0 Å². The molecule has 0 fully saturated rings. The summed E-state index contributed by atoms with van der Waals surface area (Å²) >= 11 is 6.36. The van der Waals surface area contributed by atoms with Gasteiger partial charge in [0.25, 0.3) is 0 Å². The number of ketones is 1. The highest BCUT2D eigenvalue weighted by atomic mass is 79.9. The SMILES string of the molecule is Nc1cc(Br)cc(C(=O)CBr)c1. The van der Waals surface area contributed by atoms with Crippen LogP contribution in [0.2, 0.25) is 0 Å². The van der Waals surface area contributed by atoms with Crippen molar-refractivity contribution in [2.75, 3.05) is 11.1 Å². The summed E-state index contributed by atoms with van der Waals surface area (Å²) < 4.78 is 0.826. The van der Waals surface area contributed by atoms with Gasteiger partial charge < -0.3 is 5.73 Å². The molecule has 2 N–H and O–H groups in total. The van der Waals surface area contributed by atoms with Crippen LogP contribution in [0, 0.1) is 0 Å². The Morgan fingerprint density at radius 2 is 2.08 bits per heavy atom. The van der Waals surface area contributed by atoms with Crippen molar-refractivity contribution in [3.8, 4) is 0 Å². The number of Topliss-reactive ketones (excluding diaryl/α,β-unsaturated/α-hetero) is 1. The number of hydrogen-bond acceptors (Lipinski definition) is 2. The lowest BCUT2D eigenvalue weighted by atomic mass is 10.1. The number of nitrogens with two attached hydrogens (primary N) is 1. The number of alkyl halides is 1. The third-order valence-electron chi connectivity index (χ3n) is 1.36. The van der Waals surface area contributed by atoms with E-state index in [1.807, 2.05) is 0 Å². The second-order valence-electron chi connectivity index (χ2n) is 2.33. The van der Waals surface area contributed by atoms with Crippen LogP contribution in [0.3, 0.4) is 0 Å². The summed E-state index contributed by atoms with van der Waals surface area (Å²) in [7, 11) is 0. The van der Waals surface area contributed by atoms with Gasteiger partial charge in [0.05, 0.1) is 5.33 Å². The van der Waals surface area contributed by atoms with Gasteiger partial charge in [0.15, 0.2) is 5.78 Å². The molecule has 0 aromatic heterocycles. The molecule has 1 rings (SSSR count). The number of anilines is 1. The smallest absolute Gasteiger partial charge is 0.173 e. The van der Waals surface area contributed by atoms with Gasteiger partial charge in [-0.15, -0.1) is 0 Å². The fourth-order valence-corrected chi connectivity index (χ4v) is 1.69. The molecule has 0 amide bonds. The summed E-state index contributed by atoms with van der Waals surface area (Å²) in [4.78, 5) is 11.2. The zero-order valence-corrected chi connectivity index (χ0v) is 9.35. The standard InChI is InChI=1S/C8H7Br2NO/c9-4-8(12)5-1-6(10)3-7(11)2-5/h1-3H,4,11H2. The highest BCUT2D eigenvalue weighted by Gasteiger charge is 2.04. The Morgan fingerprint density at radius 3 is 2.58 bits per heavy atom. The molecule has 0 saturated heterocycles. The molecule has 0 atom stereocenters. The van der Waals surface area contributed by atoms with E-state index in [9.17, 15) is 4.79 Å². The Bertz CT molecular complexity index is 292. The molecule has 0 radical (unpaired) electrons. The molecule has 12 heavy (non-hydrogen) atoms. The van der Waals surface area contributed by atoms with Gasteiger partial charge in [-0.3, -0.25) is 4.79 Å². The van der Waals surface area contributed by atoms with Crippen LogP contribution in [0.15, 0.2) is 22.7 Å². The zero-order valence-electron chi connectivity index (χ0n) is 6.18. The molecular formula is C8H7Br2NO. The van der Waals surface area contributed by atoms with Gasteiger partial charge in [0.1, 0.15) is 0 Å². The number of hydrogen-bond donors (Lipinski definition) is 1. The van der Waals surface area contributed by atoms with E-state index in [-0.39, 0.29) is 5.78 Å². The maximum Gasteiger partial charge on any atom is 0.173 e. The highest BCUT2D eigenvalue weighted by molar-refractivity contribution is 9.10. The maximum absolute atomic E-state index is 11.2. The lowest BCUT2D eigenvalue weighted by molar-refractivity contribution is 0.102.